The zero-order chi connectivity index (χ0) is 7.11. The summed E-state index contributed by atoms with van der Waals surface area (Å²) >= 11 is 0. The molecule has 0 spiro atoms. The Kier molecular flexibility index (Phi) is 6.06. The summed E-state index contributed by atoms with van der Waals surface area (Å²) in [4.78, 5) is 0. The Morgan fingerprint density at radius 3 is 2.22 bits per heavy atom. The Balaban J connectivity index is 0. The first kappa shape index (κ1) is 8.96. The largest absolute Gasteiger partial charge is 0.314 e. The quantitative estimate of drug-likeness (QED) is 0.607. The average Bonchev–Trinajstić information content (AvgIpc) is 1.84. The van der Waals surface area contributed by atoms with E-state index >= 15 is 0 Å². The highest BCUT2D eigenvalue weighted by Crippen LogP contribution is 2.07. The second kappa shape index (κ2) is 6.09. The third-order valence-electron chi connectivity index (χ3n) is 1.56. The molecular weight excluding hydrogens is 110 g/mol. The fraction of sp³-hybridized carbons (Fsp3) is 1.00. The van der Waals surface area contributed by atoms with Gasteiger partial charge in [-0.3, -0.25) is 0 Å². The molecule has 1 unspecified atom stereocenters. The second-order valence-corrected chi connectivity index (χ2v) is 2.23. The van der Waals surface area contributed by atoms with E-state index in [0.29, 0.717) is 0 Å². The van der Waals surface area contributed by atoms with Crippen LogP contribution in [0.15, 0.2) is 0 Å². The molecule has 0 aromatic rings. The minimum absolute atomic E-state index is 0. The lowest BCUT2D eigenvalue weighted by Gasteiger charge is -2.26. The lowest BCUT2D eigenvalue weighted by molar-refractivity contribution is 0.348. The van der Waals surface area contributed by atoms with Crippen LogP contribution in [0.3, 0.4) is 0 Å². The van der Waals surface area contributed by atoms with E-state index in [9.17, 15) is 0 Å². The van der Waals surface area contributed by atoms with Crippen molar-refractivity contribution in [1.29, 1.82) is 0 Å². The third-order valence-corrected chi connectivity index (χ3v) is 1.56. The van der Waals surface area contributed by atoms with Gasteiger partial charge in [-0.05, 0) is 19.4 Å². The molecule has 1 aliphatic rings. The number of nitrogens with one attached hydrogen (secondary N) is 1. The van der Waals surface area contributed by atoms with Crippen molar-refractivity contribution in [3.8, 4) is 0 Å². The Hall–Kier alpha value is -0.0400. The van der Waals surface area contributed by atoms with Crippen molar-refractivity contribution in [2.24, 2.45) is 0 Å². The van der Waals surface area contributed by atoms with Gasteiger partial charge in [0, 0.05) is 7.47 Å². The van der Waals surface area contributed by atoms with E-state index in [0.717, 1.165) is 6.04 Å². The lowest BCUT2D eigenvalue weighted by Crippen LogP contribution is -2.42. The molecule has 1 aliphatic heterocycles. The van der Waals surface area contributed by atoms with Gasteiger partial charge in [-0.15, -0.1) is 0 Å². The van der Waals surface area contributed by atoms with Crippen molar-refractivity contribution < 1.29 is 1.43 Å². The summed E-state index contributed by atoms with van der Waals surface area (Å²) in [7, 11) is 0. The highest BCUT2D eigenvalue weighted by Gasteiger charge is 2.13. The molecule has 1 saturated heterocycles. The van der Waals surface area contributed by atoms with E-state index in [1.807, 2.05) is 13.8 Å². The van der Waals surface area contributed by atoms with E-state index in [4.69, 9.17) is 0 Å². The highest BCUT2D eigenvalue weighted by atomic mass is 15.0. The van der Waals surface area contributed by atoms with Crippen molar-refractivity contribution in [3.63, 3.8) is 0 Å². The first-order valence-corrected chi connectivity index (χ1v) is 4.17. The Morgan fingerprint density at radius 2 is 2.11 bits per heavy atom. The summed E-state index contributed by atoms with van der Waals surface area (Å²) in [5.41, 5.74) is 0. The van der Waals surface area contributed by atoms with Crippen molar-refractivity contribution in [2.75, 3.05) is 6.54 Å². The predicted octanol–water partition coefficient (Wildman–Crippen LogP) is 2.42. The van der Waals surface area contributed by atoms with Crippen molar-refractivity contribution >= 4 is 0 Å². The van der Waals surface area contributed by atoms with Crippen molar-refractivity contribution in [1.82, 2.24) is 5.32 Å². The Morgan fingerprint density at radius 1 is 1.56 bits per heavy atom. The number of hydrogen-bond acceptors (Lipinski definition) is 1. The molecular formula is C8H21N. The first-order valence-electron chi connectivity index (χ1n) is 4.17. The molecule has 58 valence electrons. The molecule has 0 aromatic heterocycles. The monoisotopic (exact) mass is 131 g/mol. The molecule has 0 aromatic carbocycles. The minimum atomic E-state index is 0. The van der Waals surface area contributed by atoms with Crippen LogP contribution in [0.4, 0.5) is 0 Å². The molecule has 0 saturated carbocycles. The molecule has 1 heterocycles. The summed E-state index contributed by atoms with van der Waals surface area (Å²) in [5.74, 6) is 0. The van der Waals surface area contributed by atoms with Gasteiger partial charge in [-0.25, -0.2) is 0 Å². The van der Waals surface area contributed by atoms with Crippen LogP contribution in [0.5, 0.6) is 0 Å². The van der Waals surface area contributed by atoms with Crippen LogP contribution in [-0.4, -0.2) is 12.6 Å². The minimum Gasteiger partial charge on any atom is -0.314 e. The number of hydrogen-bond donors (Lipinski definition) is 1. The molecule has 0 aliphatic carbocycles. The smallest absolute Gasteiger partial charge is 0.00790 e. The fourth-order valence-corrected chi connectivity index (χ4v) is 0.943. The predicted molar refractivity (Wildman–Crippen MR) is 44.8 cm³/mol. The van der Waals surface area contributed by atoms with Crippen molar-refractivity contribution in [3.05, 3.63) is 0 Å². The molecule has 0 radical (unpaired) electrons. The van der Waals surface area contributed by atoms with Gasteiger partial charge in [0.05, 0.1) is 0 Å². The van der Waals surface area contributed by atoms with E-state index in [-0.39, 0.29) is 1.43 Å². The van der Waals surface area contributed by atoms with Crippen LogP contribution in [0.25, 0.3) is 0 Å². The standard InChI is InChI=1S/C6H13N.C2H6.H2/c1-2-3-6-4-5-7-6;1-2;/h6-7H,2-5H2,1H3;1-2H3;1H. The maximum Gasteiger partial charge on any atom is 0.00790 e. The third kappa shape index (κ3) is 3.52. The van der Waals surface area contributed by atoms with E-state index < -0.39 is 0 Å². The van der Waals surface area contributed by atoms with Gasteiger partial charge in [0.25, 0.3) is 0 Å². The molecule has 1 heteroatoms. The van der Waals surface area contributed by atoms with E-state index in [1.54, 1.807) is 0 Å². The van der Waals surface area contributed by atoms with Crippen molar-refractivity contribution in [2.45, 2.75) is 46.1 Å². The molecule has 9 heavy (non-hydrogen) atoms. The summed E-state index contributed by atoms with van der Waals surface area (Å²) in [6.45, 7) is 7.49. The van der Waals surface area contributed by atoms with E-state index in [2.05, 4.69) is 12.2 Å². The second-order valence-electron chi connectivity index (χ2n) is 2.23. The summed E-state index contributed by atoms with van der Waals surface area (Å²) in [5, 5.41) is 3.35. The van der Waals surface area contributed by atoms with Gasteiger partial charge in [0.2, 0.25) is 0 Å². The Bertz CT molecular complexity index is 53.2. The van der Waals surface area contributed by atoms with Gasteiger partial charge >= 0.3 is 0 Å². The van der Waals surface area contributed by atoms with Gasteiger partial charge < -0.3 is 5.32 Å². The topological polar surface area (TPSA) is 12.0 Å². The molecule has 1 fully saturated rings. The lowest BCUT2D eigenvalue weighted by atomic mass is 10.0. The van der Waals surface area contributed by atoms with Gasteiger partial charge in [0.15, 0.2) is 0 Å². The summed E-state index contributed by atoms with van der Waals surface area (Å²) in [6, 6.07) is 0.880. The van der Waals surface area contributed by atoms with Crippen LogP contribution < -0.4 is 5.32 Å². The van der Waals surface area contributed by atoms with Crippen LogP contribution in [0, 0.1) is 0 Å². The maximum atomic E-state index is 3.35. The fourth-order valence-electron chi connectivity index (χ4n) is 0.943. The normalized spacial score (nSPS) is 23.7. The van der Waals surface area contributed by atoms with Crippen LogP contribution in [0.2, 0.25) is 0 Å². The molecule has 1 nitrogen and oxygen atoms in total. The van der Waals surface area contributed by atoms with Crippen LogP contribution in [-0.2, 0) is 0 Å². The average molecular weight is 131 g/mol. The van der Waals surface area contributed by atoms with Gasteiger partial charge in [-0.1, -0.05) is 27.2 Å². The zero-order valence-corrected chi connectivity index (χ0v) is 6.91. The first-order chi connectivity index (χ1) is 4.43. The van der Waals surface area contributed by atoms with Crippen LogP contribution >= 0.6 is 0 Å². The molecule has 1 rings (SSSR count). The van der Waals surface area contributed by atoms with Crippen LogP contribution in [0.1, 0.15) is 41.5 Å². The molecule has 0 bridgehead atoms. The zero-order valence-electron chi connectivity index (χ0n) is 6.91. The summed E-state index contributed by atoms with van der Waals surface area (Å²) in [6.07, 6.45) is 4.12. The highest BCUT2D eigenvalue weighted by molar-refractivity contribution is 4.75. The number of rotatable bonds is 2. The molecule has 1 atom stereocenters. The molecule has 1 N–H and O–H groups in total. The summed E-state index contributed by atoms with van der Waals surface area (Å²) < 4.78 is 0. The Labute approximate surface area is 60.3 Å². The maximum absolute atomic E-state index is 3.35. The SMILES string of the molecule is CC.CCCC1CCN1.[HH]. The molecule has 0 amide bonds. The van der Waals surface area contributed by atoms with Gasteiger partial charge in [0.1, 0.15) is 0 Å². The van der Waals surface area contributed by atoms with E-state index in [1.165, 1.54) is 25.8 Å². The van der Waals surface area contributed by atoms with Gasteiger partial charge in [-0.2, -0.15) is 0 Å².